The molecule has 1 N–H and O–H groups in total. The van der Waals surface area contributed by atoms with E-state index >= 15 is 0 Å². The van der Waals surface area contributed by atoms with Crippen molar-refractivity contribution in [1.82, 2.24) is 10.2 Å². The van der Waals surface area contributed by atoms with Crippen LogP contribution in [0.3, 0.4) is 0 Å². The topological polar surface area (TPSA) is 30.9 Å². The van der Waals surface area contributed by atoms with Crippen LogP contribution in [0, 0.1) is 5.82 Å². The molecule has 112 valence electrons. The molecule has 1 aromatic rings. The van der Waals surface area contributed by atoms with E-state index in [1.807, 2.05) is 19.2 Å². The lowest BCUT2D eigenvalue weighted by Gasteiger charge is -2.37. The largest absolute Gasteiger partial charge is 0.368 e. The Morgan fingerprint density at radius 2 is 1.80 bits per heavy atom. The van der Waals surface area contributed by atoms with Crippen LogP contribution < -0.4 is 10.2 Å². The van der Waals surface area contributed by atoms with Crippen LogP contribution in [0.5, 0.6) is 0 Å². The van der Waals surface area contributed by atoms with Gasteiger partial charge in [0.2, 0.25) is 0 Å². The van der Waals surface area contributed by atoms with E-state index in [1.165, 1.54) is 12.1 Å². The molecule has 0 spiro atoms. The molecule has 1 saturated heterocycles. The smallest absolute Gasteiger partial charge is 0.193 e. The molecule has 1 aliphatic heterocycles. The zero-order chi connectivity index (χ0) is 13.7. The van der Waals surface area contributed by atoms with E-state index in [9.17, 15) is 4.39 Å². The number of hydrogen-bond donors (Lipinski definition) is 1. The van der Waals surface area contributed by atoms with Gasteiger partial charge in [-0.05, 0) is 31.2 Å². The average Bonchev–Trinajstić information content (AvgIpc) is 2.46. The van der Waals surface area contributed by atoms with Crippen molar-refractivity contribution in [1.29, 1.82) is 0 Å². The molecule has 0 aromatic heterocycles. The highest BCUT2D eigenvalue weighted by atomic mass is 127. The van der Waals surface area contributed by atoms with Gasteiger partial charge in [0, 0.05) is 45.5 Å². The normalized spacial score (nSPS) is 15.8. The van der Waals surface area contributed by atoms with E-state index in [0.717, 1.165) is 44.4 Å². The number of guanidine groups is 1. The standard InChI is InChI=1S/C14H21FN4.HI/c1-3-17-14(16-2)19-10-8-18(9-11-19)13-6-4-12(15)5-7-13;/h4-7H,3,8-11H2,1-2H3,(H,16,17);1H. The van der Waals surface area contributed by atoms with Crippen molar-refractivity contribution in [3.8, 4) is 0 Å². The highest BCUT2D eigenvalue weighted by molar-refractivity contribution is 14.0. The van der Waals surface area contributed by atoms with Gasteiger partial charge >= 0.3 is 0 Å². The third-order valence-electron chi connectivity index (χ3n) is 3.32. The maximum Gasteiger partial charge on any atom is 0.193 e. The van der Waals surface area contributed by atoms with Gasteiger partial charge in [0.05, 0.1) is 0 Å². The molecule has 0 bridgehead atoms. The van der Waals surface area contributed by atoms with Gasteiger partial charge in [-0.2, -0.15) is 0 Å². The second-order valence-corrected chi connectivity index (χ2v) is 4.53. The van der Waals surface area contributed by atoms with Crippen molar-refractivity contribution in [2.45, 2.75) is 6.92 Å². The minimum atomic E-state index is -0.185. The molecule has 0 amide bonds. The molecule has 0 saturated carbocycles. The summed E-state index contributed by atoms with van der Waals surface area (Å²) in [5.41, 5.74) is 1.08. The number of nitrogens with one attached hydrogen (secondary N) is 1. The fraction of sp³-hybridized carbons (Fsp3) is 0.500. The molecule has 0 radical (unpaired) electrons. The number of piperazine rings is 1. The molecule has 1 heterocycles. The van der Waals surface area contributed by atoms with Gasteiger partial charge in [-0.25, -0.2) is 4.39 Å². The lowest BCUT2D eigenvalue weighted by molar-refractivity contribution is 0.373. The summed E-state index contributed by atoms with van der Waals surface area (Å²) in [6, 6.07) is 6.70. The van der Waals surface area contributed by atoms with Gasteiger partial charge in [-0.3, -0.25) is 4.99 Å². The third-order valence-corrected chi connectivity index (χ3v) is 3.32. The Kier molecular flexibility index (Phi) is 7.04. The Hall–Kier alpha value is -1.05. The van der Waals surface area contributed by atoms with Crippen LogP contribution in [0.4, 0.5) is 10.1 Å². The van der Waals surface area contributed by atoms with E-state index in [-0.39, 0.29) is 29.8 Å². The summed E-state index contributed by atoms with van der Waals surface area (Å²) in [5, 5.41) is 3.27. The molecule has 6 heteroatoms. The maximum absolute atomic E-state index is 12.9. The molecule has 20 heavy (non-hydrogen) atoms. The Morgan fingerprint density at radius 1 is 1.20 bits per heavy atom. The molecule has 1 fully saturated rings. The predicted molar refractivity (Wildman–Crippen MR) is 92.6 cm³/mol. The predicted octanol–water partition coefficient (Wildman–Crippen LogP) is 2.16. The molecular weight excluding hydrogens is 370 g/mol. The number of halogens is 2. The van der Waals surface area contributed by atoms with E-state index in [2.05, 4.69) is 27.0 Å². The maximum atomic E-state index is 12.9. The summed E-state index contributed by atoms with van der Waals surface area (Å²) in [5.74, 6) is 0.774. The Bertz CT molecular complexity index is 427. The third kappa shape index (κ3) is 4.22. The quantitative estimate of drug-likeness (QED) is 0.476. The summed E-state index contributed by atoms with van der Waals surface area (Å²) >= 11 is 0. The highest BCUT2D eigenvalue weighted by Crippen LogP contribution is 2.16. The van der Waals surface area contributed by atoms with Crippen LogP contribution in [0.15, 0.2) is 29.3 Å². The fourth-order valence-corrected chi connectivity index (χ4v) is 2.32. The second kappa shape index (κ2) is 8.28. The molecule has 1 aliphatic rings. The second-order valence-electron chi connectivity index (χ2n) is 4.53. The number of nitrogens with zero attached hydrogens (tertiary/aromatic N) is 3. The average molecular weight is 392 g/mol. The van der Waals surface area contributed by atoms with Crippen LogP contribution in [0.2, 0.25) is 0 Å². The minimum absolute atomic E-state index is 0. The number of benzene rings is 1. The number of anilines is 1. The van der Waals surface area contributed by atoms with E-state index in [4.69, 9.17) is 0 Å². The van der Waals surface area contributed by atoms with Crippen molar-refractivity contribution >= 4 is 35.6 Å². The monoisotopic (exact) mass is 392 g/mol. The molecule has 1 aromatic carbocycles. The van der Waals surface area contributed by atoms with Crippen LogP contribution in [0.25, 0.3) is 0 Å². The fourth-order valence-electron chi connectivity index (χ4n) is 2.32. The Morgan fingerprint density at radius 3 is 2.30 bits per heavy atom. The number of rotatable bonds is 2. The highest BCUT2D eigenvalue weighted by Gasteiger charge is 2.19. The van der Waals surface area contributed by atoms with Gasteiger partial charge in [0.1, 0.15) is 5.82 Å². The Balaban J connectivity index is 0.00000200. The van der Waals surface area contributed by atoms with Gasteiger partial charge in [-0.1, -0.05) is 0 Å². The molecular formula is C14H22FIN4. The van der Waals surface area contributed by atoms with Crippen molar-refractivity contribution in [3.05, 3.63) is 30.1 Å². The van der Waals surface area contributed by atoms with Crippen LogP contribution in [-0.4, -0.2) is 50.6 Å². The first-order chi connectivity index (χ1) is 9.24. The van der Waals surface area contributed by atoms with Crippen molar-refractivity contribution < 1.29 is 4.39 Å². The molecule has 0 unspecified atom stereocenters. The zero-order valence-electron chi connectivity index (χ0n) is 12.0. The Labute approximate surface area is 137 Å². The van der Waals surface area contributed by atoms with Crippen LogP contribution in [0.1, 0.15) is 6.92 Å². The summed E-state index contributed by atoms with van der Waals surface area (Å²) in [6.07, 6.45) is 0. The van der Waals surface area contributed by atoms with Gasteiger partial charge in [0.25, 0.3) is 0 Å². The number of aliphatic imine (C=N–C) groups is 1. The summed E-state index contributed by atoms with van der Waals surface area (Å²) in [7, 11) is 1.81. The van der Waals surface area contributed by atoms with Crippen molar-refractivity contribution in [3.63, 3.8) is 0 Å². The first-order valence-corrected chi connectivity index (χ1v) is 6.70. The van der Waals surface area contributed by atoms with E-state index in [1.54, 1.807) is 0 Å². The van der Waals surface area contributed by atoms with Gasteiger partial charge in [-0.15, -0.1) is 24.0 Å². The molecule has 0 atom stereocenters. The minimum Gasteiger partial charge on any atom is -0.368 e. The summed E-state index contributed by atoms with van der Waals surface area (Å²) in [4.78, 5) is 8.80. The SMILES string of the molecule is CCNC(=NC)N1CCN(c2ccc(F)cc2)CC1.I. The molecule has 0 aliphatic carbocycles. The van der Waals surface area contributed by atoms with Crippen molar-refractivity contribution in [2.24, 2.45) is 4.99 Å². The lowest BCUT2D eigenvalue weighted by atomic mass is 10.2. The summed E-state index contributed by atoms with van der Waals surface area (Å²) in [6.45, 7) is 6.66. The first kappa shape index (κ1) is 17.0. The first-order valence-electron chi connectivity index (χ1n) is 6.70. The lowest BCUT2D eigenvalue weighted by Crippen LogP contribution is -2.52. The van der Waals surface area contributed by atoms with Crippen LogP contribution in [-0.2, 0) is 0 Å². The molecule has 2 rings (SSSR count). The van der Waals surface area contributed by atoms with E-state index in [0.29, 0.717) is 0 Å². The zero-order valence-corrected chi connectivity index (χ0v) is 14.3. The number of hydrogen-bond acceptors (Lipinski definition) is 2. The van der Waals surface area contributed by atoms with Crippen molar-refractivity contribution in [2.75, 3.05) is 44.7 Å². The van der Waals surface area contributed by atoms with Gasteiger partial charge in [0.15, 0.2) is 5.96 Å². The summed E-state index contributed by atoms with van der Waals surface area (Å²) < 4.78 is 12.9. The van der Waals surface area contributed by atoms with E-state index < -0.39 is 0 Å². The van der Waals surface area contributed by atoms with Crippen LogP contribution >= 0.6 is 24.0 Å². The van der Waals surface area contributed by atoms with Gasteiger partial charge < -0.3 is 15.1 Å². The molecule has 4 nitrogen and oxygen atoms in total.